The van der Waals surface area contributed by atoms with Crippen molar-refractivity contribution >= 4 is 5.91 Å². The summed E-state index contributed by atoms with van der Waals surface area (Å²) in [7, 11) is 1.98. The van der Waals surface area contributed by atoms with E-state index in [0.29, 0.717) is 12.6 Å². The number of carbonyl (C=O) groups is 1. The maximum Gasteiger partial charge on any atom is 0.234 e. The zero-order valence-electron chi connectivity index (χ0n) is 11.7. The number of likely N-dealkylation sites (N-methyl/N-ethyl adjacent to an activating group) is 1. The van der Waals surface area contributed by atoms with E-state index in [0.717, 1.165) is 32.5 Å². The minimum absolute atomic E-state index is 0.140. The van der Waals surface area contributed by atoms with Gasteiger partial charge in [0, 0.05) is 12.6 Å². The maximum atomic E-state index is 11.8. The van der Waals surface area contributed by atoms with Gasteiger partial charge in [0.05, 0.1) is 6.54 Å². The monoisotopic (exact) mass is 241 g/mol. The van der Waals surface area contributed by atoms with Crippen molar-refractivity contribution in [3.63, 3.8) is 0 Å². The molecule has 1 amide bonds. The second kappa shape index (κ2) is 6.36. The molecule has 0 aromatic carbocycles. The van der Waals surface area contributed by atoms with Gasteiger partial charge in [-0.05, 0) is 52.2 Å². The van der Waals surface area contributed by atoms with Crippen molar-refractivity contribution in [3.8, 4) is 0 Å². The number of piperidine rings is 1. The molecule has 0 aliphatic carbocycles. The Hall–Kier alpha value is -0.610. The molecule has 17 heavy (non-hydrogen) atoms. The Balaban J connectivity index is 2.27. The van der Waals surface area contributed by atoms with E-state index in [4.69, 9.17) is 0 Å². The normalized spacial score (nSPS) is 19.6. The molecule has 1 rings (SSSR count). The fourth-order valence-electron chi connectivity index (χ4n) is 1.98. The van der Waals surface area contributed by atoms with E-state index in [1.807, 2.05) is 7.05 Å². The average molecular weight is 241 g/mol. The standard InChI is InChI=1S/C13H27N3O/c1-11(2)16(4)9-12(17)15-10-13(3)5-7-14-8-6-13/h11,14H,5-10H2,1-4H3,(H,15,17). The van der Waals surface area contributed by atoms with Gasteiger partial charge in [-0.2, -0.15) is 0 Å². The van der Waals surface area contributed by atoms with E-state index < -0.39 is 0 Å². The smallest absolute Gasteiger partial charge is 0.234 e. The van der Waals surface area contributed by atoms with E-state index in [1.165, 1.54) is 0 Å². The molecule has 100 valence electrons. The Morgan fingerprint density at radius 3 is 2.53 bits per heavy atom. The van der Waals surface area contributed by atoms with Gasteiger partial charge in [-0.1, -0.05) is 6.92 Å². The third-order valence-electron chi connectivity index (χ3n) is 3.80. The molecule has 4 heteroatoms. The van der Waals surface area contributed by atoms with Gasteiger partial charge >= 0.3 is 0 Å². The van der Waals surface area contributed by atoms with Crippen LogP contribution in [0.2, 0.25) is 0 Å². The Morgan fingerprint density at radius 2 is 2.00 bits per heavy atom. The van der Waals surface area contributed by atoms with Crippen molar-refractivity contribution in [1.29, 1.82) is 0 Å². The highest BCUT2D eigenvalue weighted by Gasteiger charge is 2.27. The molecule has 0 saturated carbocycles. The first-order valence-corrected chi connectivity index (χ1v) is 6.61. The van der Waals surface area contributed by atoms with Crippen LogP contribution in [-0.4, -0.2) is 50.1 Å². The quantitative estimate of drug-likeness (QED) is 0.749. The SMILES string of the molecule is CC(C)N(C)CC(=O)NCC1(C)CCNCC1. The van der Waals surface area contributed by atoms with E-state index in [1.54, 1.807) is 0 Å². The topological polar surface area (TPSA) is 44.4 Å². The van der Waals surface area contributed by atoms with Crippen LogP contribution in [0.25, 0.3) is 0 Å². The number of hydrogen-bond donors (Lipinski definition) is 2. The van der Waals surface area contributed by atoms with Crippen molar-refractivity contribution in [2.75, 3.05) is 33.2 Å². The minimum atomic E-state index is 0.140. The minimum Gasteiger partial charge on any atom is -0.354 e. The molecule has 1 saturated heterocycles. The molecule has 0 spiro atoms. The third kappa shape index (κ3) is 5.04. The largest absolute Gasteiger partial charge is 0.354 e. The summed E-state index contributed by atoms with van der Waals surface area (Å²) in [4.78, 5) is 13.8. The summed E-state index contributed by atoms with van der Waals surface area (Å²) in [6.07, 6.45) is 2.29. The number of hydrogen-bond acceptors (Lipinski definition) is 3. The molecule has 1 aliphatic rings. The van der Waals surface area contributed by atoms with E-state index >= 15 is 0 Å². The lowest BCUT2D eigenvalue weighted by atomic mass is 9.81. The van der Waals surface area contributed by atoms with Crippen LogP contribution in [0.1, 0.15) is 33.6 Å². The van der Waals surface area contributed by atoms with Crippen molar-refractivity contribution in [2.45, 2.75) is 39.7 Å². The van der Waals surface area contributed by atoms with Gasteiger partial charge in [-0.15, -0.1) is 0 Å². The van der Waals surface area contributed by atoms with Gasteiger partial charge in [0.1, 0.15) is 0 Å². The Kier molecular flexibility index (Phi) is 5.40. The fraction of sp³-hybridized carbons (Fsp3) is 0.923. The molecule has 0 aromatic heterocycles. The van der Waals surface area contributed by atoms with Crippen LogP contribution in [0.3, 0.4) is 0 Å². The first-order valence-electron chi connectivity index (χ1n) is 6.61. The molecular weight excluding hydrogens is 214 g/mol. The summed E-state index contributed by atoms with van der Waals surface area (Å²) in [6, 6.07) is 0.412. The second-order valence-corrected chi connectivity index (χ2v) is 5.85. The first-order chi connectivity index (χ1) is 7.93. The predicted molar refractivity (Wildman–Crippen MR) is 71.0 cm³/mol. The number of nitrogens with one attached hydrogen (secondary N) is 2. The Morgan fingerprint density at radius 1 is 1.41 bits per heavy atom. The highest BCUT2D eigenvalue weighted by molar-refractivity contribution is 5.78. The van der Waals surface area contributed by atoms with Crippen LogP contribution in [0.4, 0.5) is 0 Å². The number of carbonyl (C=O) groups excluding carboxylic acids is 1. The molecule has 1 fully saturated rings. The molecule has 0 bridgehead atoms. The van der Waals surface area contributed by atoms with Crippen molar-refractivity contribution in [1.82, 2.24) is 15.5 Å². The van der Waals surface area contributed by atoms with Gasteiger partial charge in [0.25, 0.3) is 0 Å². The Bertz CT molecular complexity index is 247. The molecule has 0 aromatic rings. The van der Waals surface area contributed by atoms with E-state index in [-0.39, 0.29) is 11.3 Å². The summed E-state index contributed by atoms with van der Waals surface area (Å²) in [5.74, 6) is 0.140. The highest BCUT2D eigenvalue weighted by Crippen LogP contribution is 2.26. The summed E-state index contributed by atoms with van der Waals surface area (Å²) in [6.45, 7) is 9.89. The molecule has 4 nitrogen and oxygen atoms in total. The van der Waals surface area contributed by atoms with Crippen LogP contribution >= 0.6 is 0 Å². The van der Waals surface area contributed by atoms with Crippen LogP contribution < -0.4 is 10.6 Å². The number of amides is 1. The maximum absolute atomic E-state index is 11.8. The zero-order valence-corrected chi connectivity index (χ0v) is 11.7. The molecule has 0 atom stereocenters. The zero-order chi connectivity index (χ0) is 12.9. The fourth-order valence-corrected chi connectivity index (χ4v) is 1.98. The Labute approximate surface area is 105 Å². The van der Waals surface area contributed by atoms with Crippen LogP contribution in [0.5, 0.6) is 0 Å². The molecule has 1 aliphatic heterocycles. The molecule has 0 unspecified atom stereocenters. The van der Waals surface area contributed by atoms with E-state index in [2.05, 4.69) is 36.3 Å². The summed E-state index contributed by atoms with van der Waals surface area (Å²) in [5.41, 5.74) is 0.275. The van der Waals surface area contributed by atoms with Crippen molar-refractivity contribution < 1.29 is 4.79 Å². The molecule has 2 N–H and O–H groups in total. The predicted octanol–water partition coefficient (Wildman–Crippen LogP) is 0.833. The van der Waals surface area contributed by atoms with Gasteiger partial charge in [-0.25, -0.2) is 0 Å². The summed E-state index contributed by atoms with van der Waals surface area (Å²) < 4.78 is 0. The summed E-state index contributed by atoms with van der Waals surface area (Å²) >= 11 is 0. The van der Waals surface area contributed by atoms with Gasteiger partial charge in [-0.3, -0.25) is 9.69 Å². The van der Waals surface area contributed by atoms with Gasteiger partial charge in [0.2, 0.25) is 5.91 Å². The van der Waals surface area contributed by atoms with Gasteiger partial charge < -0.3 is 10.6 Å². The van der Waals surface area contributed by atoms with E-state index in [9.17, 15) is 4.79 Å². The summed E-state index contributed by atoms with van der Waals surface area (Å²) in [5, 5.41) is 6.42. The number of rotatable bonds is 5. The van der Waals surface area contributed by atoms with Crippen molar-refractivity contribution in [3.05, 3.63) is 0 Å². The van der Waals surface area contributed by atoms with Gasteiger partial charge in [0.15, 0.2) is 0 Å². The first kappa shape index (κ1) is 14.5. The van der Waals surface area contributed by atoms with Crippen molar-refractivity contribution in [2.24, 2.45) is 5.41 Å². The molecular formula is C13H27N3O. The molecule has 0 radical (unpaired) electrons. The second-order valence-electron chi connectivity index (χ2n) is 5.85. The lowest BCUT2D eigenvalue weighted by molar-refractivity contribution is -0.122. The average Bonchev–Trinajstić information content (AvgIpc) is 2.27. The number of nitrogens with zero attached hydrogens (tertiary/aromatic N) is 1. The lowest BCUT2D eigenvalue weighted by Crippen LogP contribution is -2.45. The molecule has 1 heterocycles. The lowest BCUT2D eigenvalue weighted by Gasteiger charge is -2.34. The van der Waals surface area contributed by atoms with Crippen LogP contribution in [-0.2, 0) is 4.79 Å². The highest BCUT2D eigenvalue weighted by atomic mass is 16.2. The van der Waals surface area contributed by atoms with Crippen LogP contribution in [0.15, 0.2) is 0 Å². The van der Waals surface area contributed by atoms with Crippen LogP contribution in [0, 0.1) is 5.41 Å². The third-order valence-corrected chi connectivity index (χ3v) is 3.80.